The van der Waals surface area contributed by atoms with Crippen molar-refractivity contribution in [1.29, 1.82) is 0 Å². The Kier molecular flexibility index (Phi) is 6.75. The molecular formula is C39H33N5O. The Labute approximate surface area is 263 Å². The van der Waals surface area contributed by atoms with E-state index in [0.29, 0.717) is 17.2 Å². The predicted octanol–water partition coefficient (Wildman–Crippen LogP) is 10.3. The SMILES string of the molecule is [C-]#[N+]c1cc(Oc2ccc3c4ccccc4n(-c4cc(C(C)(C)C)ccn4)c3c2)cc(-c2cn(-c3c(C)cccc3C)cn2)c1. The minimum absolute atomic E-state index is 0.00899. The number of ether oxygens (including phenoxy) is 1. The first-order valence-corrected chi connectivity index (χ1v) is 15.0. The number of pyridine rings is 1. The molecule has 7 rings (SSSR count). The number of hydrogen-bond acceptors (Lipinski definition) is 3. The van der Waals surface area contributed by atoms with E-state index in [4.69, 9.17) is 21.3 Å². The highest BCUT2D eigenvalue weighted by Gasteiger charge is 2.18. The van der Waals surface area contributed by atoms with Crippen molar-refractivity contribution in [3.63, 3.8) is 0 Å². The van der Waals surface area contributed by atoms with Crippen LogP contribution in [0.25, 0.3) is 49.4 Å². The van der Waals surface area contributed by atoms with E-state index < -0.39 is 0 Å². The summed E-state index contributed by atoms with van der Waals surface area (Å²) in [6, 6.07) is 30.6. The van der Waals surface area contributed by atoms with E-state index >= 15 is 0 Å². The van der Waals surface area contributed by atoms with Crippen molar-refractivity contribution in [3.8, 4) is 34.3 Å². The van der Waals surface area contributed by atoms with Crippen LogP contribution in [0.4, 0.5) is 5.69 Å². The number of nitrogens with zero attached hydrogens (tertiary/aromatic N) is 5. The molecule has 0 unspecified atom stereocenters. The normalized spacial score (nSPS) is 11.6. The van der Waals surface area contributed by atoms with Gasteiger partial charge in [0.15, 0.2) is 5.69 Å². The molecule has 0 aliphatic carbocycles. The monoisotopic (exact) mass is 587 g/mol. The van der Waals surface area contributed by atoms with Crippen LogP contribution in [-0.4, -0.2) is 19.1 Å². The van der Waals surface area contributed by atoms with Gasteiger partial charge in [-0.05, 0) is 90.0 Å². The van der Waals surface area contributed by atoms with E-state index in [1.54, 1.807) is 6.07 Å². The summed E-state index contributed by atoms with van der Waals surface area (Å²) >= 11 is 0. The van der Waals surface area contributed by atoms with E-state index in [1.807, 2.05) is 41.5 Å². The molecule has 0 radical (unpaired) electrons. The third-order valence-electron chi connectivity index (χ3n) is 8.32. The van der Waals surface area contributed by atoms with Crippen molar-refractivity contribution in [2.45, 2.75) is 40.0 Å². The van der Waals surface area contributed by atoms with Crippen LogP contribution in [0.5, 0.6) is 11.5 Å². The molecule has 6 nitrogen and oxygen atoms in total. The van der Waals surface area contributed by atoms with Gasteiger partial charge in [0, 0.05) is 29.2 Å². The third kappa shape index (κ3) is 5.13. The van der Waals surface area contributed by atoms with Gasteiger partial charge >= 0.3 is 0 Å². The average molecular weight is 588 g/mol. The maximum absolute atomic E-state index is 7.76. The molecule has 0 fully saturated rings. The third-order valence-corrected chi connectivity index (χ3v) is 8.32. The number of benzene rings is 4. The van der Waals surface area contributed by atoms with Gasteiger partial charge in [-0.25, -0.2) is 14.8 Å². The Hall–Kier alpha value is -5.67. The van der Waals surface area contributed by atoms with Crippen molar-refractivity contribution in [1.82, 2.24) is 19.1 Å². The summed E-state index contributed by atoms with van der Waals surface area (Å²) in [6.07, 6.45) is 5.71. The van der Waals surface area contributed by atoms with E-state index in [0.717, 1.165) is 44.6 Å². The number of aromatic nitrogens is 4. The van der Waals surface area contributed by atoms with Crippen molar-refractivity contribution < 1.29 is 4.74 Å². The van der Waals surface area contributed by atoms with Crippen LogP contribution >= 0.6 is 0 Å². The van der Waals surface area contributed by atoms with E-state index in [9.17, 15) is 0 Å². The predicted molar refractivity (Wildman–Crippen MR) is 182 cm³/mol. The smallest absolute Gasteiger partial charge is 0.191 e. The molecule has 6 heteroatoms. The van der Waals surface area contributed by atoms with Gasteiger partial charge in [0.25, 0.3) is 0 Å². The molecule has 3 aromatic heterocycles. The Morgan fingerprint density at radius 3 is 2.31 bits per heavy atom. The van der Waals surface area contributed by atoms with Gasteiger partial charge in [-0.2, -0.15) is 0 Å². The lowest BCUT2D eigenvalue weighted by Crippen LogP contribution is -2.12. The summed E-state index contributed by atoms with van der Waals surface area (Å²) in [5.41, 5.74) is 8.83. The van der Waals surface area contributed by atoms with Crippen LogP contribution in [-0.2, 0) is 5.41 Å². The lowest BCUT2D eigenvalue weighted by Gasteiger charge is -2.20. The van der Waals surface area contributed by atoms with Crippen molar-refractivity contribution >= 4 is 27.5 Å². The van der Waals surface area contributed by atoms with Gasteiger partial charge in [-0.3, -0.25) is 4.57 Å². The molecule has 4 aromatic carbocycles. The minimum atomic E-state index is -0.00899. The molecule has 0 aliphatic heterocycles. The molecule has 0 amide bonds. The molecule has 0 saturated heterocycles. The second-order valence-electron chi connectivity index (χ2n) is 12.5. The maximum Gasteiger partial charge on any atom is 0.191 e. The van der Waals surface area contributed by atoms with Crippen LogP contribution in [0.3, 0.4) is 0 Å². The first-order valence-electron chi connectivity index (χ1n) is 15.0. The summed E-state index contributed by atoms with van der Waals surface area (Å²) in [5.74, 6) is 2.12. The molecular weight excluding hydrogens is 554 g/mol. The zero-order valence-corrected chi connectivity index (χ0v) is 26.0. The van der Waals surface area contributed by atoms with E-state index in [-0.39, 0.29) is 5.41 Å². The first kappa shape index (κ1) is 28.1. The largest absolute Gasteiger partial charge is 0.459 e. The fourth-order valence-electron chi connectivity index (χ4n) is 6.07. The molecule has 45 heavy (non-hydrogen) atoms. The lowest BCUT2D eigenvalue weighted by molar-refractivity contribution is 0.484. The Bertz CT molecular complexity index is 2260. The van der Waals surface area contributed by atoms with Crippen molar-refractivity contribution in [2.75, 3.05) is 0 Å². The first-order chi connectivity index (χ1) is 21.7. The number of imidazole rings is 1. The zero-order chi connectivity index (χ0) is 31.3. The van der Waals surface area contributed by atoms with Gasteiger partial charge in [0.2, 0.25) is 0 Å². The van der Waals surface area contributed by atoms with Gasteiger partial charge in [0.05, 0.1) is 35.3 Å². The van der Waals surface area contributed by atoms with E-state index in [2.05, 4.69) is 111 Å². The number of fused-ring (bicyclic) bond motifs is 3. The number of aryl methyl sites for hydroxylation is 2. The molecule has 0 aliphatic rings. The minimum Gasteiger partial charge on any atom is -0.459 e. The fourth-order valence-corrected chi connectivity index (χ4v) is 6.07. The molecule has 7 aromatic rings. The van der Waals surface area contributed by atoms with Gasteiger partial charge < -0.3 is 9.30 Å². The van der Waals surface area contributed by atoms with Crippen LogP contribution in [0.1, 0.15) is 37.5 Å². The molecule has 220 valence electrons. The average Bonchev–Trinajstić information content (AvgIpc) is 3.63. The number of hydrogen-bond donors (Lipinski definition) is 0. The molecule has 0 N–H and O–H groups in total. The van der Waals surface area contributed by atoms with Crippen LogP contribution in [0.2, 0.25) is 0 Å². The van der Waals surface area contributed by atoms with E-state index in [1.165, 1.54) is 16.7 Å². The Morgan fingerprint density at radius 2 is 1.53 bits per heavy atom. The molecule has 0 saturated carbocycles. The van der Waals surface area contributed by atoms with Crippen molar-refractivity contribution in [3.05, 3.63) is 138 Å². The maximum atomic E-state index is 7.76. The molecule has 0 bridgehead atoms. The molecule has 0 atom stereocenters. The zero-order valence-electron chi connectivity index (χ0n) is 26.0. The quantitative estimate of drug-likeness (QED) is 0.188. The highest BCUT2D eigenvalue weighted by molar-refractivity contribution is 6.09. The molecule has 3 heterocycles. The summed E-state index contributed by atoms with van der Waals surface area (Å²) in [5, 5.41) is 2.27. The van der Waals surface area contributed by atoms with Gasteiger partial charge in [-0.15, -0.1) is 0 Å². The standard InChI is InChI=1S/C39H33N5O/c1-25-10-9-11-26(2)38(25)43-23-34(42-24-43)27-18-29(40-6)21-31(19-27)45-30-14-15-33-32-12-7-8-13-35(32)44(36(33)22-30)37-20-28(16-17-41-37)39(3,4)5/h7-24H,1-5H3. The van der Waals surface area contributed by atoms with Crippen LogP contribution in [0.15, 0.2) is 110 Å². The molecule has 0 spiro atoms. The van der Waals surface area contributed by atoms with Gasteiger partial charge in [0.1, 0.15) is 17.3 Å². The summed E-state index contributed by atoms with van der Waals surface area (Å²) in [6.45, 7) is 18.6. The number of para-hydroxylation sites is 2. The van der Waals surface area contributed by atoms with Gasteiger partial charge in [-0.1, -0.05) is 57.2 Å². The van der Waals surface area contributed by atoms with Crippen molar-refractivity contribution in [2.24, 2.45) is 0 Å². The van der Waals surface area contributed by atoms with Crippen LogP contribution in [0, 0.1) is 20.4 Å². The fraction of sp³-hybridized carbons (Fsp3) is 0.154. The Morgan fingerprint density at radius 1 is 0.756 bits per heavy atom. The summed E-state index contributed by atoms with van der Waals surface area (Å²) in [4.78, 5) is 13.2. The topological polar surface area (TPSA) is 49.2 Å². The second kappa shape index (κ2) is 10.8. The number of rotatable bonds is 5. The summed E-state index contributed by atoms with van der Waals surface area (Å²) < 4.78 is 10.7. The van der Waals surface area contributed by atoms with Crippen LogP contribution < -0.4 is 4.74 Å². The summed E-state index contributed by atoms with van der Waals surface area (Å²) in [7, 11) is 0. The highest BCUT2D eigenvalue weighted by atomic mass is 16.5. The highest BCUT2D eigenvalue weighted by Crippen LogP contribution is 2.37. The Balaban J connectivity index is 1.30. The lowest BCUT2D eigenvalue weighted by atomic mass is 9.88. The second-order valence-corrected chi connectivity index (χ2v) is 12.5.